The Labute approximate surface area is 105 Å². The Morgan fingerprint density at radius 3 is 2.59 bits per heavy atom. The van der Waals surface area contributed by atoms with Gasteiger partial charge in [0.15, 0.2) is 0 Å². The molecule has 0 atom stereocenters. The third-order valence-corrected chi connectivity index (χ3v) is 2.62. The molecule has 0 aromatic heterocycles. The van der Waals surface area contributed by atoms with Crippen LogP contribution in [0.5, 0.6) is 5.75 Å². The number of hydrogen-bond donors (Lipinski definition) is 0. The van der Waals surface area contributed by atoms with Gasteiger partial charge in [0.2, 0.25) is 0 Å². The number of carbonyl (C=O) groups is 1. The summed E-state index contributed by atoms with van der Waals surface area (Å²) in [5, 5.41) is 8.96. The Morgan fingerprint density at radius 1 is 1.41 bits per heavy atom. The first-order chi connectivity index (χ1) is 8.15. The molecule has 0 radical (unpaired) electrons. The fourth-order valence-corrected chi connectivity index (χ4v) is 1.66. The standard InChI is InChI=1S/C12H12ClNO3/c1-16-11-4-9(6-13)10(7-14)3-8(11)5-12(15)17-2/h3-4H,5-6H2,1-2H3. The van der Waals surface area contributed by atoms with Gasteiger partial charge in [-0.1, -0.05) is 0 Å². The molecule has 0 heterocycles. The SMILES string of the molecule is COC(=O)Cc1cc(C#N)c(CCl)cc1OC. The van der Waals surface area contributed by atoms with Crippen LogP contribution in [0.1, 0.15) is 16.7 Å². The Balaban J connectivity index is 3.20. The first-order valence-electron chi connectivity index (χ1n) is 4.89. The summed E-state index contributed by atoms with van der Waals surface area (Å²) in [6, 6.07) is 5.31. The van der Waals surface area contributed by atoms with Crippen LogP contribution in [0.4, 0.5) is 0 Å². The van der Waals surface area contributed by atoms with E-state index in [4.69, 9.17) is 21.6 Å². The normalized spacial score (nSPS) is 9.53. The zero-order valence-corrected chi connectivity index (χ0v) is 10.4. The average Bonchev–Trinajstić information content (AvgIpc) is 2.37. The lowest BCUT2D eigenvalue weighted by atomic mass is 10.0. The van der Waals surface area contributed by atoms with E-state index in [0.717, 1.165) is 0 Å². The molecule has 0 unspecified atom stereocenters. The van der Waals surface area contributed by atoms with E-state index in [1.807, 2.05) is 6.07 Å². The van der Waals surface area contributed by atoms with Crippen LogP contribution in [-0.2, 0) is 21.8 Å². The molecule has 0 spiro atoms. The summed E-state index contributed by atoms with van der Waals surface area (Å²) in [7, 11) is 2.81. The maximum atomic E-state index is 11.2. The van der Waals surface area contributed by atoms with Crippen molar-refractivity contribution in [2.24, 2.45) is 0 Å². The molecule has 0 saturated heterocycles. The van der Waals surface area contributed by atoms with Crippen molar-refractivity contribution in [2.75, 3.05) is 14.2 Å². The average molecular weight is 254 g/mol. The van der Waals surface area contributed by atoms with Gasteiger partial charge in [-0.3, -0.25) is 4.79 Å². The van der Waals surface area contributed by atoms with Gasteiger partial charge in [-0.2, -0.15) is 5.26 Å². The predicted octanol–water partition coefficient (Wildman–Crippen LogP) is 2.02. The van der Waals surface area contributed by atoms with Crippen LogP contribution < -0.4 is 4.74 Å². The van der Waals surface area contributed by atoms with E-state index < -0.39 is 0 Å². The molecule has 1 aromatic carbocycles. The number of hydrogen-bond acceptors (Lipinski definition) is 4. The molecular weight excluding hydrogens is 242 g/mol. The number of alkyl halides is 1. The van der Waals surface area contributed by atoms with E-state index in [2.05, 4.69) is 4.74 Å². The summed E-state index contributed by atoms with van der Waals surface area (Å²) < 4.78 is 9.74. The van der Waals surface area contributed by atoms with E-state index in [-0.39, 0.29) is 18.3 Å². The predicted molar refractivity (Wildman–Crippen MR) is 63.0 cm³/mol. The highest BCUT2D eigenvalue weighted by Crippen LogP contribution is 2.25. The highest BCUT2D eigenvalue weighted by Gasteiger charge is 2.13. The van der Waals surface area contributed by atoms with E-state index in [0.29, 0.717) is 22.4 Å². The highest BCUT2D eigenvalue weighted by molar-refractivity contribution is 6.17. The molecule has 1 rings (SSSR count). The molecule has 0 aliphatic carbocycles. The van der Waals surface area contributed by atoms with Gasteiger partial charge < -0.3 is 9.47 Å². The summed E-state index contributed by atoms with van der Waals surface area (Å²) >= 11 is 5.73. The van der Waals surface area contributed by atoms with Crippen LogP contribution in [0.2, 0.25) is 0 Å². The number of carbonyl (C=O) groups excluding carboxylic acids is 1. The van der Waals surface area contributed by atoms with E-state index in [1.54, 1.807) is 12.1 Å². The van der Waals surface area contributed by atoms with Crippen molar-refractivity contribution in [3.8, 4) is 11.8 Å². The molecule has 0 aliphatic rings. The van der Waals surface area contributed by atoms with Crippen LogP contribution in [0, 0.1) is 11.3 Å². The molecule has 0 N–H and O–H groups in total. The lowest BCUT2D eigenvalue weighted by Gasteiger charge is -2.10. The van der Waals surface area contributed by atoms with Crippen molar-refractivity contribution in [3.05, 3.63) is 28.8 Å². The second-order valence-electron chi connectivity index (χ2n) is 3.32. The topological polar surface area (TPSA) is 59.3 Å². The van der Waals surface area contributed by atoms with Crippen LogP contribution in [0.3, 0.4) is 0 Å². The maximum absolute atomic E-state index is 11.2. The first kappa shape index (κ1) is 13.3. The minimum atomic E-state index is -0.384. The molecule has 1 aromatic rings. The fraction of sp³-hybridized carbons (Fsp3) is 0.333. The Morgan fingerprint density at radius 2 is 2.12 bits per heavy atom. The number of esters is 1. The quantitative estimate of drug-likeness (QED) is 0.608. The van der Waals surface area contributed by atoms with Gasteiger partial charge in [0.25, 0.3) is 0 Å². The van der Waals surface area contributed by atoms with Gasteiger partial charge in [0.05, 0.1) is 32.3 Å². The number of nitriles is 1. The first-order valence-corrected chi connectivity index (χ1v) is 5.42. The largest absolute Gasteiger partial charge is 0.496 e. The minimum Gasteiger partial charge on any atom is -0.496 e. The van der Waals surface area contributed by atoms with Gasteiger partial charge in [-0.25, -0.2) is 0 Å². The zero-order chi connectivity index (χ0) is 12.8. The fourth-order valence-electron chi connectivity index (χ4n) is 1.44. The molecule has 0 saturated carbocycles. The van der Waals surface area contributed by atoms with E-state index in [1.165, 1.54) is 14.2 Å². The smallest absolute Gasteiger partial charge is 0.310 e. The third-order valence-electron chi connectivity index (χ3n) is 2.33. The summed E-state index contributed by atoms with van der Waals surface area (Å²) in [6.07, 6.45) is 0.0664. The number of halogens is 1. The number of nitrogens with zero attached hydrogens (tertiary/aromatic N) is 1. The van der Waals surface area contributed by atoms with Crippen LogP contribution in [-0.4, -0.2) is 20.2 Å². The number of benzene rings is 1. The molecule has 0 aliphatic heterocycles. The third kappa shape index (κ3) is 3.11. The zero-order valence-electron chi connectivity index (χ0n) is 9.62. The monoisotopic (exact) mass is 253 g/mol. The number of methoxy groups -OCH3 is 2. The molecule has 90 valence electrons. The molecule has 0 amide bonds. The minimum absolute atomic E-state index is 0.0664. The van der Waals surface area contributed by atoms with Crippen molar-refractivity contribution >= 4 is 17.6 Å². The molecule has 0 bridgehead atoms. The molecule has 4 nitrogen and oxygen atoms in total. The van der Waals surface area contributed by atoms with Crippen molar-refractivity contribution in [1.29, 1.82) is 5.26 Å². The Kier molecular flexibility index (Phi) is 4.80. The summed E-state index contributed by atoms with van der Waals surface area (Å²) in [5.41, 5.74) is 1.74. The number of rotatable bonds is 4. The summed E-state index contributed by atoms with van der Waals surface area (Å²) in [5.74, 6) is 0.369. The lowest BCUT2D eigenvalue weighted by molar-refractivity contribution is -0.139. The van der Waals surface area contributed by atoms with Crippen LogP contribution >= 0.6 is 11.6 Å². The van der Waals surface area contributed by atoms with Gasteiger partial charge >= 0.3 is 5.97 Å². The van der Waals surface area contributed by atoms with Crippen molar-refractivity contribution < 1.29 is 14.3 Å². The van der Waals surface area contributed by atoms with E-state index in [9.17, 15) is 4.79 Å². The Hall–Kier alpha value is -1.73. The van der Waals surface area contributed by atoms with Gasteiger partial charge in [0.1, 0.15) is 5.75 Å². The van der Waals surface area contributed by atoms with Crippen molar-refractivity contribution in [3.63, 3.8) is 0 Å². The molecule has 5 heteroatoms. The van der Waals surface area contributed by atoms with Gasteiger partial charge in [-0.15, -0.1) is 11.6 Å². The second-order valence-corrected chi connectivity index (χ2v) is 3.59. The van der Waals surface area contributed by atoms with Gasteiger partial charge in [-0.05, 0) is 17.7 Å². The highest BCUT2D eigenvalue weighted by atomic mass is 35.5. The van der Waals surface area contributed by atoms with Crippen molar-refractivity contribution in [1.82, 2.24) is 0 Å². The lowest BCUT2D eigenvalue weighted by Crippen LogP contribution is -2.07. The Bertz CT molecular complexity index is 466. The molecule has 17 heavy (non-hydrogen) atoms. The maximum Gasteiger partial charge on any atom is 0.310 e. The van der Waals surface area contributed by atoms with Crippen molar-refractivity contribution in [2.45, 2.75) is 12.3 Å². The van der Waals surface area contributed by atoms with Crippen LogP contribution in [0.15, 0.2) is 12.1 Å². The van der Waals surface area contributed by atoms with Gasteiger partial charge in [0, 0.05) is 11.4 Å². The van der Waals surface area contributed by atoms with E-state index >= 15 is 0 Å². The summed E-state index contributed by atoms with van der Waals surface area (Å²) in [6.45, 7) is 0. The summed E-state index contributed by atoms with van der Waals surface area (Å²) in [4.78, 5) is 11.2. The number of ether oxygens (including phenoxy) is 2. The second kappa shape index (κ2) is 6.12. The van der Waals surface area contributed by atoms with Crippen LogP contribution in [0.25, 0.3) is 0 Å². The molecular formula is C12H12ClNO3. The molecule has 0 fully saturated rings.